The molecule has 0 aromatic heterocycles. The first-order chi connectivity index (χ1) is 0. The molecule has 16 heteroatoms. The van der Waals surface area contributed by atoms with Gasteiger partial charge in [-0.15, -0.1) is 0 Å². The van der Waals surface area contributed by atoms with Crippen molar-refractivity contribution >= 4 is 198 Å². The van der Waals surface area contributed by atoms with Crippen molar-refractivity contribution < 1.29 is 213 Å². The molecule has 0 aliphatic rings. The van der Waals surface area contributed by atoms with E-state index < -0.39 is 0 Å². The fourth-order valence-corrected chi connectivity index (χ4v) is 0. The Labute approximate surface area is 399 Å². The fraction of sp³-hybridized carbons (Fsp3) is 0. The van der Waals surface area contributed by atoms with Crippen LogP contribution in [0.1, 0.15) is 17.1 Å². The molecule has 0 aromatic rings. The molecular weight excluding hydrogens is 537 g/mol. The van der Waals surface area contributed by atoms with Crippen molar-refractivity contribution in [3.8, 4) is 0 Å². The van der Waals surface area contributed by atoms with Crippen molar-refractivity contribution in [1.82, 2.24) is 0 Å². The second-order valence-electron chi connectivity index (χ2n) is 0. The van der Waals surface area contributed by atoms with Crippen LogP contribution in [0.25, 0.3) is 0 Å². The molecule has 2 atom stereocenters. The Hall–Kier alpha value is 12.7. The minimum atomic E-state index is 0. The summed E-state index contributed by atoms with van der Waals surface area (Å²) in [6.45, 7) is 0. The molecule has 0 N–H and O–H groups in total. The third-order valence-corrected chi connectivity index (χ3v) is 0. The van der Waals surface area contributed by atoms with E-state index >= 15 is 0 Å². The molecule has 16 heavy (non-hydrogen) atoms. The molecule has 0 rings (SSSR count). The van der Waals surface area contributed by atoms with E-state index in [1.807, 2.05) is 0 Å². The van der Waals surface area contributed by atoms with Gasteiger partial charge in [-0.1, -0.05) is 0 Å². The Kier molecular flexibility index (Phi) is 1040. The van der Waals surface area contributed by atoms with Crippen LogP contribution in [0, 0.1) is 0 Å². The van der Waals surface area contributed by atoms with Crippen molar-refractivity contribution in [3.05, 3.63) is 0 Å². The van der Waals surface area contributed by atoms with Gasteiger partial charge in [0, 0.05) is 34.1 Å². The van der Waals surface area contributed by atoms with Crippen LogP contribution in [-0.4, -0.2) is 178 Å². The quantitative estimate of drug-likeness (QED) is 0.201. The fourth-order valence-electron chi connectivity index (χ4n) is 0. The summed E-state index contributed by atoms with van der Waals surface area (Å²) in [5.41, 5.74) is 0. The Morgan fingerprint density at radius 2 is 0.562 bits per heavy atom. The third-order valence-electron chi connectivity index (χ3n) is 0. The molecule has 0 saturated carbocycles. The zero-order valence-corrected chi connectivity index (χ0v) is 31.5. The summed E-state index contributed by atoms with van der Waals surface area (Å²) in [6.07, 6.45) is 0. The van der Waals surface area contributed by atoms with Crippen LogP contribution in [0.5, 0.6) is 0 Å². The Morgan fingerprint density at radius 3 is 0.562 bits per heavy atom. The largest absolute Gasteiger partial charge is 2.00 e. The van der Waals surface area contributed by atoms with Crippen LogP contribution in [0.4, 0.5) is 0 Å². The van der Waals surface area contributed by atoms with Crippen LogP contribution in [0.3, 0.4) is 0 Å². The molecule has 0 aliphatic heterocycles. The number of rotatable bonds is 0. The SMILES string of the molecule is P.P.[AlH3].[AlH3].[Ca+2].[Ca+2].[Fe].[Fe].[H-].[H-].[H-].[H-].[H-].[H-].[H-].[H-].[H-].[H-].[H-].[H-].[K+].[K+].[Mg+2].[Mg+2].[Na+].[Na+].[SiH4].[SiH4]. The molecule has 0 aromatic carbocycles. The maximum Gasteiger partial charge on any atom is 2.00 e. The topological polar surface area (TPSA) is 0 Å². The van der Waals surface area contributed by atoms with Crippen LogP contribution >= 0.6 is 19.8 Å². The van der Waals surface area contributed by atoms with E-state index in [2.05, 4.69) is 0 Å². The van der Waals surface area contributed by atoms with E-state index in [4.69, 9.17) is 0 Å². The zero-order valence-electron chi connectivity index (χ0n) is 20.9. The maximum absolute atomic E-state index is 0. The summed E-state index contributed by atoms with van der Waals surface area (Å²) < 4.78 is 0. The Bertz CT molecular complexity index is 75.6. The van der Waals surface area contributed by atoms with E-state index in [0.717, 1.165) is 0 Å². The molecule has 0 radical (unpaired) electrons. The first-order valence-electron chi connectivity index (χ1n) is 0. The second-order valence-corrected chi connectivity index (χ2v) is 0. The van der Waals surface area contributed by atoms with Crippen LogP contribution in [-0.2, 0) is 34.1 Å². The van der Waals surface area contributed by atoms with Crippen molar-refractivity contribution in [1.29, 1.82) is 0 Å². The summed E-state index contributed by atoms with van der Waals surface area (Å²) in [5.74, 6) is 0. The molecule has 0 amide bonds. The van der Waals surface area contributed by atoms with E-state index in [0.29, 0.717) is 0 Å². The predicted molar refractivity (Wildman–Crippen MR) is 101 cm³/mol. The van der Waals surface area contributed by atoms with Gasteiger partial charge in [0.25, 0.3) is 0 Å². The van der Waals surface area contributed by atoms with Gasteiger partial charge in [-0.3, -0.25) is 0 Å². The molecule has 0 bridgehead atoms. The van der Waals surface area contributed by atoms with Gasteiger partial charge in [0.1, 0.15) is 0 Å². The Balaban J connectivity index is 0. The molecule has 0 saturated heterocycles. The summed E-state index contributed by atoms with van der Waals surface area (Å²) in [5, 5.41) is 0. The molecular formula is H32Al2Ca2Fe2K2Mg2Na2P2Si2. The van der Waals surface area contributed by atoms with Gasteiger partial charge < -0.3 is 17.1 Å². The zero-order chi connectivity index (χ0) is 0. The summed E-state index contributed by atoms with van der Waals surface area (Å²) in [6, 6.07) is 0. The third kappa shape index (κ3) is 109. The Morgan fingerprint density at radius 1 is 0.562 bits per heavy atom. The normalized spacial score (nSPS) is 0. The van der Waals surface area contributed by atoms with E-state index in [1.54, 1.807) is 0 Å². The smallest absolute Gasteiger partial charge is 1.00 e. The minimum Gasteiger partial charge on any atom is -1.00 e. The first-order valence-corrected chi connectivity index (χ1v) is 0. The van der Waals surface area contributed by atoms with Crippen LogP contribution in [0.15, 0.2) is 0 Å². The van der Waals surface area contributed by atoms with E-state index in [9.17, 15) is 0 Å². The van der Waals surface area contributed by atoms with E-state index in [-0.39, 0.29) is 411 Å². The van der Waals surface area contributed by atoms with Crippen molar-refractivity contribution in [2.45, 2.75) is 0 Å². The molecule has 0 aliphatic carbocycles. The standard InChI is InChI=1S/2Al.2Ca.2Fe.2K.2Mg.2Na.2H3P.2H4Si.18H/h;;;;;;;;;;;;2*1H3;2*1H4;;;;;;;;;;;;;;;;;;/q;;2*+2;;;2*+1;2*+2;2*+1;;;;;;;;;;;12*-1. The van der Waals surface area contributed by atoms with Gasteiger partial charge >= 0.3 is 283 Å². The summed E-state index contributed by atoms with van der Waals surface area (Å²) >= 11 is 0. The maximum atomic E-state index is 0. The van der Waals surface area contributed by atoms with Gasteiger partial charge in [-0.25, -0.2) is 0 Å². The average molecular weight is 569 g/mol. The van der Waals surface area contributed by atoms with Gasteiger partial charge in [0.15, 0.2) is 34.7 Å². The molecule has 0 heterocycles. The molecule has 0 spiro atoms. The summed E-state index contributed by atoms with van der Waals surface area (Å²) in [4.78, 5) is 0. The number of hydrogen-bond donors (Lipinski definition) is 0. The molecule has 2 unspecified atom stereocenters. The van der Waals surface area contributed by atoms with Crippen LogP contribution < -0.4 is 162 Å². The first kappa shape index (κ1) is 136. The molecule has 84 valence electrons. The van der Waals surface area contributed by atoms with Gasteiger partial charge in [-0.05, 0) is 21.9 Å². The number of hydrogen-bond acceptors (Lipinski definition) is 0. The van der Waals surface area contributed by atoms with Gasteiger partial charge in [0.05, 0.1) is 0 Å². The van der Waals surface area contributed by atoms with Crippen molar-refractivity contribution in [3.63, 3.8) is 0 Å². The van der Waals surface area contributed by atoms with Crippen LogP contribution in [0.2, 0.25) is 0 Å². The molecule has 0 fully saturated rings. The van der Waals surface area contributed by atoms with E-state index in [1.165, 1.54) is 0 Å². The average Bonchev–Trinajstić information content (AvgIpc) is 0. The summed E-state index contributed by atoms with van der Waals surface area (Å²) in [7, 11) is 0. The predicted octanol–water partition coefficient (Wildman–Crippen LogP) is -17.3. The van der Waals surface area contributed by atoms with Gasteiger partial charge in [0.2, 0.25) is 0 Å². The van der Waals surface area contributed by atoms with Crippen molar-refractivity contribution in [2.24, 2.45) is 0 Å². The van der Waals surface area contributed by atoms with Crippen molar-refractivity contribution in [2.75, 3.05) is 0 Å². The minimum absolute atomic E-state index is 0. The van der Waals surface area contributed by atoms with Gasteiger partial charge in [-0.2, -0.15) is 19.8 Å². The second kappa shape index (κ2) is 122. The molecule has 0 nitrogen and oxygen atoms in total. The monoisotopic (exact) mass is 568 g/mol.